The second-order valence-electron chi connectivity index (χ2n) is 6.44. The van der Waals surface area contributed by atoms with Crippen molar-refractivity contribution in [3.63, 3.8) is 0 Å². The van der Waals surface area contributed by atoms with E-state index < -0.39 is 5.82 Å². The number of likely N-dealkylation sites (tertiary alicyclic amines) is 1. The molecule has 9 heteroatoms. The van der Waals surface area contributed by atoms with Crippen molar-refractivity contribution in [1.82, 2.24) is 19.7 Å². The van der Waals surface area contributed by atoms with Crippen LogP contribution in [0.4, 0.5) is 14.9 Å². The highest BCUT2D eigenvalue weighted by atomic mass is 19.1. The van der Waals surface area contributed by atoms with E-state index in [1.54, 1.807) is 17.3 Å². The monoisotopic (exact) mass is 361 g/mol. The van der Waals surface area contributed by atoms with Gasteiger partial charge in [-0.25, -0.2) is 9.18 Å². The highest BCUT2D eigenvalue weighted by molar-refractivity contribution is 5.90. The molecule has 26 heavy (non-hydrogen) atoms. The number of anilines is 1. The summed E-state index contributed by atoms with van der Waals surface area (Å²) in [4.78, 5) is 14.0. The summed E-state index contributed by atoms with van der Waals surface area (Å²) in [5, 5.41) is 10.9. The minimum atomic E-state index is -0.516. The molecular formula is C17H20FN5O3. The first kappa shape index (κ1) is 16.8. The summed E-state index contributed by atoms with van der Waals surface area (Å²) in [6.45, 7) is 1.83. The summed E-state index contributed by atoms with van der Waals surface area (Å²) in [6.07, 6.45) is 3.64. The van der Waals surface area contributed by atoms with Crippen LogP contribution in [-0.2, 0) is 4.74 Å². The number of nitrogens with zero attached hydrogens (tertiary/aromatic N) is 4. The molecule has 0 radical (unpaired) electrons. The molecule has 2 aliphatic rings. The van der Waals surface area contributed by atoms with Crippen LogP contribution in [-0.4, -0.2) is 52.5 Å². The molecule has 0 spiro atoms. The van der Waals surface area contributed by atoms with E-state index in [0.29, 0.717) is 18.8 Å². The lowest BCUT2D eigenvalue weighted by molar-refractivity contribution is 0.0888. The number of halogens is 1. The van der Waals surface area contributed by atoms with Crippen molar-refractivity contribution < 1.29 is 18.7 Å². The Labute approximate surface area is 149 Å². The minimum absolute atomic E-state index is 0.0114. The van der Waals surface area contributed by atoms with Crippen LogP contribution in [0.15, 0.2) is 24.5 Å². The second kappa shape index (κ2) is 6.91. The van der Waals surface area contributed by atoms with Crippen LogP contribution < -0.4 is 10.1 Å². The maximum atomic E-state index is 13.7. The zero-order valence-electron chi connectivity index (χ0n) is 14.4. The lowest BCUT2D eigenvalue weighted by Crippen LogP contribution is -2.52. The molecule has 2 amide bonds. The van der Waals surface area contributed by atoms with Crippen LogP contribution in [0.25, 0.3) is 0 Å². The Balaban J connectivity index is 1.35. The molecule has 0 saturated carbocycles. The molecule has 3 heterocycles. The van der Waals surface area contributed by atoms with Gasteiger partial charge in [-0.05, 0) is 25.0 Å². The Kier molecular flexibility index (Phi) is 4.46. The molecular weight excluding hydrogens is 341 g/mol. The smallest absolute Gasteiger partial charge is 0.321 e. The van der Waals surface area contributed by atoms with Crippen molar-refractivity contribution in [1.29, 1.82) is 0 Å². The van der Waals surface area contributed by atoms with Crippen molar-refractivity contribution >= 4 is 11.7 Å². The highest BCUT2D eigenvalue weighted by Crippen LogP contribution is 2.31. The molecule has 0 bridgehead atoms. The average molecular weight is 361 g/mol. The van der Waals surface area contributed by atoms with Gasteiger partial charge in [0, 0.05) is 31.5 Å². The Hall–Kier alpha value is -2.68. The third-order valence-corrected chi connectivity index (χ3v) is 4.76. The topological polar surface area (TPSA) is 81.5 Å². The standard InChI is InChI=1S/C17H20FN5O3/c1-25-14-5-4-11(7-13(14)18)20-17(24)22-8-12(9-22)23-10-19-21-16(23)15-3-2-6-26-15/h4-5,7,10,12,15H,2-3,6,8-9H2,1H3,(H,20,24). The first-order valence-corrected chi connectivity index (χ1v) is 8.56. The summed E-state index contributed by atoms with van der Waals surface area (Å²) >= 11 is 0. The fourth-order valence-electron chi connectivity index (χ4n) is 3.29. The van der Waals surface area contributed by atoms with Crippen LogP contribution in [0, 0.1) is 5.82 Å². The van der Waals surface area contributed by atoms with E-state index in [0.717, 1.165) is 25.3 Å². The first-order chi connectivity index (χ1) is 12.7. The zero-order chi connectivity index (χ0) is 18.1. The van der Waals surface area contributed by atoms with E-state index >= 15 is 0 Å². The number of amides is 2. The molecule has 138 valence electrons. The fraction of sp³-hybridized carbons (Fsp3) is 0.471. The SMILES string of the molecule is COc1ccc(NC(=O)N2CC(n3cnnc3C3CCCO3)C2)cc1F. The Morgan fingerprint density at radius 1 is 1.42 bits per heavy atom. The Morgan fingerprint density at radius 3 is 2.96 bits per heavy atom. The predicted molar refractivity (Wildman–Crippen MR) is 90.5 cm³/mol. The van der Waals surface area contributed by atoms with Gasteiger partial charge in [-0.1, -0.05) is 0 Å². The van der Waals surface area contributed by atoms with Gasteiger partial charge in [-0.3, -0.25) is 0 Å². The number of hydrogen-bond acceptors (Lipinski definition) is 5. The van der Waals surface area contributed by atoms with Gasteiger partial charge in [0.2, 0.25) is 0 Å². The van der Waals surface area contributed by atoms with E-state index in [-0.39, 0.29) is 23.9 Å². The van der Waals surface area contributed by atoms with Gasteiger partial charge >= 0.3 is 6.03 Å². The summed E-state index contributed by atoms with van der Waals surface area (Å²) in [6, 6.07) is 4.19. The summed E-state index contributed by atoms with van der Waals surface area (Å²) in [5.41, 5.74) is 0.390. The van der Waals surface area contributed by atoms with Gasteiger partial charge in [0.1, 0.15) is 12.4 Å². The number of carbonyl (C=O) groups excluding carboxylic acids is 1. The van der Waals surface area contributed by atoms with Gasteiger partial charge < -0.3 is 24.3 Å². The van der Waals surface area contributed by atoms with Crippen molar-refractivity contribution in [2.45, 2.75) is 25.0 Å². The Morgan fingerprint density at radius 2 is 2.27 bits per heavy atom. The van der Waals surface area contributed by atoms with E-state index in [9.17, 15) is 9.18 Å². The van der Waals surface area contributed by atoms with E-state index in [4.69, 9.17) is 9.47 Å². The third-order valence-electron chi connectivity index (χ3n) is 4.76. The fourth-order valence-corrected chi connectivity index (χ4v) is 3.29. The molecule has 2 aliphatic heterocycles. The molecule has 4 rings (SSSR count). The van der Waals surface area contributed by atoms with E-state index in [2.05, 4.69) is 15.5 Å². The molecule has 1 atom stereocenters. The molecule has 2 aromatic rings. The molecule has 2 fully saturated rings. The maximum Gasteiger partial charge on any atom is 0.321 e. The Bertz CT molecular complexity index is 799. The molecule has 0 aliphatic carbocycles. The van der Waals surface area contributed by atoms with E-state index in [1.807, 2.05) is 4.57 Å². The van der Waals surface area contributed by atoms with Crippen LogP contribution in [0.3, 0.4) is 0 Å². The third kappa shape index (κ3) is 3.10. The van der Waals surface area contributed by atoms with Gasteiger partial charge in [0.25, 0.3) is 0 Å². The van der Waals surface area contributed by atoms with Gasteiger partial charge in [-0.15, -0.1) is 10.2 Å². The van der Waals surface area contributed by atoms with Crippen molar-refractivity contribution in [2.75, 3.05) is 32.1 Å². The number of carbonyl (C=O) groups is 1. The number of ether oxygens (including phenoxy) is 2. The molecule has 1 aromatic heterocycles. The summed E-state index contributed by atoms with van der Waals surface area (Å²) < 4.78 is 26.3. The van der Waals surface area contributed by atoms with E-state index in [1.165, 1.54) is 19.2 Å². The summed E-state index contributed by atoms with van der Waals surface area (Å²) in [5.74, 6) is 0.448. The van der Waals surface area contributed by atoms with Crippen LogP contribution >= 0.6 is 0 Å². The van der Waals surface area contributed by atoms with Crippen LogP contribution in [0.2, 0.25) is 0 Å². The molecule has 1 unspecified atom stereocenters. The quantitative estimate of drug-likeness (QED) is 0.904. The number of urea groups is 1. The number of aromatic nitrogens is 3. The van der Waals surface area contributed by atoms with Gasteiger partial charge in [0.05, 0.1) is 13.2 Å². The van der Waals surface area contributed by atoms with Crippen LogP contribution in [0.5, 0.6) is 5.75 Å². The predicted octanol–water partition coefficient (Wildman–Crippen LogP) is 2.37. The second-order valence-corrected chi connectivity index (χ2v) is 6.44. The molecule has 2 saturated heterocycles. The maximum absolute atomic E-state index is 13.7. The number of rotatable bonds is 4. The number of nitrogens with one attached hydrogen (secondary N) is 1. The van der Waals surface area contributed by atoms with Crippen molar-refractivity contribution in [2.24, 2.45) is 0 Å². The van der Waals surface area contributed by atoms with Crippen LogP contribution in [0.1, 0.15) is 30.8 Å². The molecule has 8 nitrogen and oxygen atoms in total. The van der Waals surface area contributed by atoms with Crippen molar-refractivity contribution in [3.8, 4) is 5.75 Å². The summed E-state index contributed by atoms with van der Waals surface area (Å²) in [7, 11) is 1.40. The first-order valence-electron chi connectivity index (χ1n) is 8.56. The van der Waals surface area contributed by atoms with Gasteiger partial charge in [-0.2, -0.15) is 0 Å². The molecule has 1 N–H and O–H groups in total. The zero-order valence-corrected chi connectivity index (χ0v) is 14.4. The lowest BCUT2D eigenvalue weighted by atomic mass is 10.1. The number of benzene rings is 1. The van der Waals surface area contributed by atoms with Gasteiger partial charge in [0.15, 0.2) is 17.4 Å². The molecule has 1 aromatic carbocycles. The van der Waals surface area contributed by atoms with Crippen molar-refractivity contribution in [3.05, 3.63) is 36.2 Å². The minimum Gasteiger partial charge on any atom is -0.494 e. The largest absolute Gasteiger partial charge is 0.494 e. The number of methoxy groups -OCH3 is 1. The number of hydrogen-bond donors (Lipinski definition) is 1. The lowest BCUT2D eigenvalue weighted by Gasteiger charge is -2.40. The highest BCUT2D eigenvalue weighted by Gasteiger charge is 2.35. The normalized spacial score (nSPS) is 20.1. The average Bonchev–Trinajstić information content (AvgIpc) is 3.24.